The van der Waals surface area contributed by atoms with Gasteiger partial charge in [-0.15, -0.1) is 5.10 Å². The first-order chi connectivity index (χ1) is 18.9. The number of likely N-dealkylation sites (N-methyl/N-ethyl adjacent to an activating group) is 1. The van der Waals surface area contributed by atoms with Gasteiger partial charge in [0.2, 0.25) is 5.95 Å². The van der Waals surface area contributed by atoms with E-state index in [1.54, 1.807) is 10.9 Å². The average Bonchev–Trinajstić information content (AvgIpc) is 3.60. The molecule has 2 aliphatic rings. The molecule has 1 saturated heterocycles. The van der Waals surface area contributed by atoms with Gasteiger partial charge in [0.25, 0.3) is 0 Å². The molecule has 1 aromatic carbocycles. The number of aromatic nitrogens is 6. The molecule has 2 fully saturated rings. The molecule has 39 heavy (non-hydrogen) atoms. The summed E-state index contributed by atoms with van der Waals surface area (Å²) in [4.78, 5) is 28.3. The van der Waals surface area contributed by atoms with Crippen LogP contribution in [0, 0.1) is 6.92 Å². The number of hydrogen-bond acceptors (Lipinski definition) is 9. The van der Waals surface area contributed by atoms with Crippen LogP contribution in [-0.4, -0.2) is 103 Å². The zero-order chi connectivity index (χ0) is 27.2. The highest BCUT2D eigenvalue weighted by Crippen LogP contribution is 2.23. The lowest BCUT2D eigenvalue weighted by Crippen LogP contribution is -2.46. The summed E-state index contributed by atoms with van der Waals surface area (Å²) in [5.74, 6) is 0.644. The van der Waals surface area contributed by atoms with Crippen molar-refractivity contribution >= 4 is 34.1 Å². The Hall–Kier alpha value is -3.90. The predicted molar refractivity (Wildman–Crippen MR) is 150 cm³/mol. The molecule has 12 nitrogen and oxygen atoms in total. The molecule has 12 heteroatoms. The van der Waals surface area contributed by atoms with E-state index < -0.39 is 6.09 Å². The van der Waals surface area contributed by atoms with Crippen LogP contribution in [0.2, 0.25) is 0 Å². The van der Waals surface area contributed by atoms with E-state index in [0.29, 0.717) is 29.7 Å². The van der Waals surface area contributed by atoms with Gasteiger partial charge in [-0.3, -0.25) is 9.88 Å². The third-order valence-corrected chi connectivity index (χ3v) is 7.24. The van der Waals surface area contributed by atoms with Crippen LogP contribution in [0.15, 0.2) is 36.5 Å². The van der Waals surface area contributed by atoms with E-state index in [1.807, 2.05) is 25.1 Å². The van der Waals surface area contributed by atoms with Gasteiger partial charge in [0.05, 0.1) is 17.4 Å². The Kier molecular flexibility index (Phi) is 8.42. The minimum Gasteiger partial charge on any atom is -0.465 e. The normalized spacial score (nSPS) is 16.8. The lowest BCUT2D eigenvalue weighted by molar-refractivity contribution is 0.152. The smallest absolute Gasteiger partial charge is 0.404 e. The maximum absolute atomic E-state index is 10.2. The second-order valence-corrected chi connectivity index (χ2v) is 10.2. The summed E-state index contributed by atoms with van der Waals surface area (Å²) in [6, 6.07) is 10.6. The van der Waals surface area contributed by atoms with E-state index in [4.69, 9.17) is 5.11 Å². The quantitative estimate of drug-likeness (QED) is 0.340. The van der Waals surface area contributed by atoms with Gasteiger partial charge in [0.1, 0.15) is 0 Å². The van der Waals surface area contributed by atoms with Gasteiger partial charge in [0, 0.05) is 56.4 Å². The number of fused-ring (bicyclic) bond motifs is 2. The first-order valence-electron chi connectivity index (χ1n) is 13.5. The zero-order valence-electron chi connectivity index (χ0n) is 22.5. The molecule has 0 bridgehead atoms. The number of piperazine rings is 1. The number of hydrogen-bond donors (Lipinski definition) is 3. The fourth-order valence-electron chi connectivity index (χ4n) is 4.96. The molecule has 0 radical (unpaired) electrons. The molecule has 1 aliphatic carbocycles. The SMILES string of the molecule is CN1CCN(CCNC(=O)O)CC1.Cc1ccc2cc(-n3nnc4cnc(NC5CCCC5)nc43)ccc2n1. The molecule has 4 heterocycles. The third kappa shape index (κ3) is 6.95. The molecule has 1 amide bonds. The summed E-state index contributed by atoms with van der Waals surface area (Å²) in [6.07, 6.45) is 5.68. The number of pyridine rings is 1. The number of nitrogens with one attached hydrogen (secondary N) is 2. The molecular formula is C27H36N10O2. The molecule has 206 valence electrons. The number of aryl methyl sites for hydroxylation is 1. The van der Waals surface area contributed by atoms with Gasteiger partial charge in [-0.25, -0.2) is 9.78 Å². The van der Waals surface area contributed by atoms with Gasteiger partial charge < -0.3 is 20.6 Å². The monoisotopic (exact) mass is 532 g/mol. The zero-order valence-corrected chi connectivity index (χ0v) is 22.5. The first kappa shape index (κ1) is 26.7. The molecule has 0 spiro atoms. The lowest BCUT2D eigenvalue weighted by Gasteiger charge is -2.32. The van der Waals surface area contributed by atoms with Gasteiger partial charge in [-0.2, -0.15) is 9.67 Å². The van der Waals surface area contributed by atoms with Crippen molar-refractivity contribution in [3.63, 3.8) is 0 Å². The number of amides is 1. The molecule has 1 saturated carbocycles. The Labute approximate surface area is 227 Å². The van der Waals surface area contributed by atoms with Gasteiger partial charge in [-0.05, 0) is 51.1 Å². The van der Waals surface area contributed by atoms with E-state index in [9.17, 15) is 4.79 Å². The van der Waals surface area contributed by atoms with Crippen molar-refractivity contribution in [1.29, 1.82) is 0 Å². The second kappa shape index (κ2) is 12.3. The topological polar surface area (TPSA) is 137 Å². The Balaban J connectivity index is 0.000000201. The number of carbonyl (C=O) groups is 1. The summed E-state index contributed by atoms with van der Waals surface area (Å²) >= 11 is 0. The maximum Gasteiger partial charge on any atom is 0.404 e. The minimum absolute atomic E-state index is 0.465. The number of carboxylic acid groups (broad SMARTS) is 1. The Morgan fingerprint density at radius 2 is 1.85 bits per heavy atom. The highest BCUT2D eigenvalue weighted by molar-refractivity contribution is 5.82. The fourth-order valence-corrected chi connectivity index (χ4v) is 4.96. The van der Waals surface area contributed by atoms with Crippen LogP contribution in [0.3, 0.4) is 0 Å². The van der Waals surface area contributed by atoms with Crippen LogP contribution in [0.5, 0.6) is 0 Å². The van der Waals surface area contributed by atoms with Crippen LogP contribution in [0.4, 0.5) is 10.7 Å². The Morgan fingerprint density at radius 1 is 1.05 bits per heavy atom. The van der Waals surface area contributed by atoms with E-state index in [-0.39, 0.29) is 0 Å². The number of benzene rings is 1. The van der Waals surface area contributed by atoms with Gasteiger partial charge in [-0.1, -0.05) is 24.1 Å². The number of nitrogens with zero attached hydrogens (tertiary/aromatic N) is 8. The van der Waals surface area contributed by atoms with Crippen molar-refractivity contribution in [3.8, 4) is 5.69 Å². The molecule has 3 aromatic heterocycles. The highest BCUT2D eigenvalue weighted by atomic mass is 16.4. The average molecular weight is 533 g/mol. The predicted octanol–water partition coefficient (Wildman–Crippen LogP) is 2.92. The molecule has 0 unspecified atom stereocenters. The van der Waals surface area contributed by atoms with Crippen molar-refractivity contribution in [2.45, 2.75) is 38.6 Å². The molecule has 4 aromatic rings. The fraction of sp³-hybridized carbons (Fsp3) is 0.481. The lowest BCUT2D eigenvalue weighted by atomic mass is 10.2. The van der Waals surface area contributed by atoms with Crippen LogP contribution < -0.4 is 10.6 Å². The second-order valence-electron chi connectivity index (χ2n) is 10.2. The summed E-state index contributed by atoms with van der Waals surface area (Å²) in [7, 11) is 2.10. The maximum atomic E-state index is 10.2. The van der Waals surface area contributed by atoms with E-state index in [1.165, 1.54) is 25.7 Å². The van der Waals surface area contributed by atoms with Crippen molar-refractivity contribution in [2.75, 3.05) is 51.6 Å². The van der Waals surface area contributed by atoms with E-state index in [2.05, 4.69) is 64.9 Å². The van der Waals surface area contributed by atoms with Crippen LogP contribution in [0.1, 0.15) is 31.4 Å². The van der Waals surface area contributed by atoms with Crippen molar-refractivity contribution < 1.29 is 9.90 Å². The van der Waals surface area contributed by atoms with E-state index >= 15 is 0 Å². The number of anilines is 1. The molecule has 6 rings (SSSR count). The molecule has 1 aliphatic heterocycles. The summed E-state index contributed by atoms with van der Waals surface area (Å²) in [5.41, 5.74) is 4.28. The molecular weight excluding hydrogens is 496 g/mol. The summed E-state index contributed by atoms with van der Waals surface area (Å²) in [5, 5.41) is 23.7. The highest BCUT2D eigenvalue weighted by Gasteiger charge is 2.17. The van der Waals surface area contributed by atoms with Gasteiger partial charge >= 0.3 is 6.09 Å². The van der Waals surface area contributed by atoms with Gasteiger partial charge in [0.15, 0.2) is 11.2 Å². The van der Waals surface area contributed by atoms with Crippen molar-refractivity contribution in [2.24, 2.45) is 0 Å². The molecule has 3 N–H and O–H groups in total. The van der Waals surface area contributed by atoms with Crippen LogP contribution >= 0.6 is 0 Å². The van der Waals surface area contributed by atoms with Crippen LogP contribution in [0.25, 0.3) is 27.8 Å². The summed E-state index contributed by atoms with van der Waals surface area (Å²) < 4.78 is 1.76. The largest absolute Gasteiger partial charge is 0.465 e. The van der Waals surface area contributed by atoms with Crippen molar-refractivity contribution in [1.82, 2.24) is 45.1 Å². The molecule has 0 atom stereocenters. The summed E-state index contributed by atoms with van der Waals surface area (Å²) in [6.45, 7) is 7.57. The van der Waals surface area contributed by atoms with E-state index in [0.717, 1.165) is 55.0 Å². The Bertz CT molecular complexity index is 1410. The van der Waals surface area contributed by atoms with Crippen molar-refractivity contribution in [3.05, 3.63) is 42.2 Å². The standard InChI is InChI=1S/C19H19N7.C8H17N3O2/c1-12-6-7-13-10-15(8-9-16(13)21-12)26-18-17(24-25-26)11-20-19(23-18)22-14-4-2-3-5-14;1-10-4-6-11(7-5-10)3-2-9-8(12)13/h6-11,14H,2-5H2,1H3,(H,20,22,23);9H,2-7H2,1H3,(H,12,13). The number of rotatable bonds is 6. The minimum atomic E-state index is -0.936. The Morgan fingerprint density at radius 3 is 2.62 bits per heavy atom. The first-order valence-corrected chi connectivity index (χ1v) is 13.5. The van der Waals surface area contributed by atoms with Crippen LogP contribution in [-0.2, 0) is 0 Å². The third-order valence-electron chi connectivity index (χ3n) is 7.24.